The van der Waals surface area contributed by atoms with E-state index in [1.165, 1.54) is 36.0 Å². The van der Waals surface area contributed by atoms with E-state index in [1.807, 2.05) is 42.7 Å². The summed E-state index contributed by atoms with van der Waals surface area (Å²) in [5.74, 6) is -0.376. The number of carbonyl (C=O) groups excluding carboxylic acids is 1. The van der Waals surface area contributed by atoms with Crippen LogP contribution in [0.1, 0.15) is 33.6 Å². The maximum atomic E-state index is 12.5. The average molecular weight is 390 g/mol. The second-order valence-corrected chi connectivity index (χ2v) is 7.83. The summed E-state index contributed by atoms with van der Waals surface area (Å²) >= 11 is 1.36. The molecule has 1 aromatic carbocycles. The van der Waals surface area contributed by atoms with Gasteiger partial charge in [0, 0.05) is 17.1 Å². The number of nitrogens with zero attached hydrogens (tertiary/aromatic N) is 4. The smallest absolute Gasteiger partial charge is 0.350 e. The van der Waals surface area contributed by atoms with Crippen LogP contribution in [0.5, 0.6) is 0 Å². The molecule has 0 unspecified atom stereocenters. The highest BCUT2D eigenvalue weighted by atomic mass is 32.1. The van der Waals surface area contributed by atoms with Crippen LogP contribution < -0.4 is 0 Å². The number of rotatable bonds is 3. The lowest BCUT2D eigenvalue weighted by Gasteiger charge is -2.16. The third kappa shape index (κ3) is 2.70. The molecule has 0 saturated heterocycles. The molecule has 6 nitrogen and oxygen atoms in total. The lowest BCUT2D eigenvalue weighted by Crippen LogP contribution is -2.08. The van der Waals surface area contributed by atoms with E-state index in [2.05, 4.69) is 15.3 Å². The van der Waals surface area contributed by atoms with Crippen LogP contribution in [0.25, 0.3) is 27.2 Å². The molecule has 0 atom stereocenters. The summed E-state index contributed by atoms with van der Waals surface area (Å²) in [5.41, 5.74) is 5.00. The van der Waals surface area contributed by atoms with E-state index >= 15 is 0 Å². The molecule has 0 bridgehead atoms. The number of ether oxygens (including phenoxy) is 1. The van der Waals surface area contributed by atoms with Crippen molar-refractivity contribution < 1.29 is 9.53 Å². The van der Waals surface area contributed by atoms with Gasteiger partial charge < -0.3 is 4.74 Å². The van der Waals surface area contributed by atoms with Gasteiger partial charge in [0.1, 0.15) is 21.1 Å². The van der Waals surface area contributed by atoms with Crippen molar-refractivity contribution in [1.29, 1.82) is 0 Å². The number of methoxy groups -OCH3 is 1. The van der Waals surface area contributed by atoms with Crippen LogP contribution in [0.2, 0.25) is 0 Å². The van der Waals surface area contributed by atoms with Gasteiger partial charge in [0.25, 0.3) is 0 Å². The van der Waals surface area contributed by atoms with Crippen molar-refractivity contribution >= 4 is 27.5 Å². The molecule has 28 heavy (non-hydrogen) atoms. The Morgan fingerprint density at radius 2 is 2.00 bits per heavy atom. The second kappa shape index (κ2) is 6.83. The van der Waals surface area contributed by atoms with Crippen LogP contribution in [0.3, 0.4) is 0 Å². The van der Waals surface area contributed by atoms with Crippen LogP contribution in [-0.4, -0.2) is 33.1 Å². The minimum Gasteiger partial charge on any atom is -0.465 e. The molecule has 0 saturated carbocycles. The number of hydrogen-bond donors (Lipinski definition) is 0. The number of benzene rings is 1. The maximum Gasteiger partial charge on any atom is 0.350 e. The number of thiophene rings is 1. The first-order chi connectivity index (χ1) is 13.8. The van der Waals surface area contributed by atoms with Crippen molar-refractivity contribution in [3.63, 3.8) is 0 Å². The Hall–Kier alpha value is -3.06. The van der Waals surface area contributed by atoms with E-state index in [9.17, 15) is 4.79 Å². The summed E-state index contributed by atoms with van der Waals surface area (Å²) in [7, 11) is 1.40. The SMILES string of the molecule is COC(=O)c1sc2ncc3c(c2c1-n1cc(-c2ccccc2)nn1)CCCC3. The van der Waals surface area contributed by atoms with Gasteiger partial charge in [0.2, 0.25) is 0 Å². The molecule has 0 spiro atoms. The largest absolute Gasteiger partial charge is 0.465 e. The van der Waals surface area contributed by atoms with Gasteiger partial charge in [-0.05, 0) is 36.8 Å². The lowest BCUT2D eigenvalue weighted by molar-refractivity contribution is 0.0606. The Bertz CT molecular complexity index is 1180. The van der Waals surface area contributed by atoms with Crippen molar-refractivity contribution in [1.82, 2.24) is 20.0 Å². The van der Waals surface area contributed by atoms with E-state index < -0.39 is 0 Å². The molecule has 0 fully saturated rings. The maximum absolute atomic E-state index is 12.5. The highest BCUT2D eigenvalue weighted by Gasteiger charge is 2.26. The number of esters is 1. The zero-order valence-corrected chi connectivity index (χ0v) is 16.2. The van der Waals surface area contributed by atoms with Gasteiger partial charge in [-0.15, -0.1) is 16.4 Å². The third-order valence-corrected chi connectivity index (χ3v) is 6.24. The van der Waals surface area contributed by atoms with Crippen molar-refractivity contribution in [2.75, 3.05) is 7.11 Å². The monoisotopic (exact) mass is 390 g/mol. The van der Waals surface area contributed by atoms with Gasteiger partial charge in [0.05, 0.1) is 13.3 Å². The van der Waals surface area contributed by atoms with Gasteiger partial charge in [-0.1, -0.05) is 35.5 Å². The van der Waals surface area contributed by atoms with Crippen LogP contribution in [-0.2, 0) is 17.6 Å². The van der Waals surface area contributed by atoms with E-state index in [0.717, 1.165) is 46.4 Å². The van der Waals surface area contributed by atoms with Crippen molar-refractivity contribution in [3.05, 3.63) is 58.7 Å². The average Bonchev–Trinajstić information content (AvgIpc) is 3.38. The molecule has 1 aliphatic rings. The zero-order chi connectivity index (χ0) is 19.1. The molecule has 4 aromatic rings. The number of fused-ring (bicyclic) bond motifs is 3. The van der Waals surface area contributed by atoms with Crippen molar-refractivity contribution in [2.24, 2.45) is 0 Å². The van der Waals surface area contributed by atoms with E-state index in [4.69, 9.17) is 4.74 Å². The van der Waals surface area contributed by atoms with E-state index in [1.54, 1.807) is 4.68 Å². The number of aryl methyl sites for hydroxylation is 2. The number of pyridine rings is 1. The van der Waals surface area contributed by atoms with Crippen molar-refractivity contribution in [2.45, 2.75) is 25.7 Å². The Balaban J connectivity index is 1.75. The number of carbonyl (C=O) groups is 1. The van der Waals surface area contributed by atoms with Gasteiger partial charge >= 0.3 is 5.97 Å². The Kier molecular flexibility index (Phi) is 4.16. The van der Waals surface area contributed by atoms with Crippen LogP contribution in [0.4, 0.5) is 0 Å². The predicted molar refractivity (Wildman–Crippen MR) is 108 cm³/mol. The van der Waals surface area contributed by atoms with Crippen LogP contribution >= 0.6 is 11.3 Å². The highest BCUT2D eigenvalue weighted by Crippen LogP contribution is 2.39. The lowest BCUT2D eigenvalue weighted by atomic mass is 9.91. The fourth-order valence-electron chi connectivity index (χ4n) is 3.83. The fraction of sp³-hybridized carbons (Fsp3) is 0.238. The number of aromatic nitrogens is 4. The molecule has 1 aliphatic carbocycles. The molecule has 3 aromatic heterocycles. The number of hydrogen-bond acceptors (Lipinski definition) is 6. The Labute approximate surface area is 165 Å². The molecule has 7 heteroatoms. The molecule has 0 aliphatic heterocycles. The first-order valence-corrected chi connectivity index (χ1v) is 10.1. The Morgan fingerprint density at radius 1 is 1.18 bits per heavy atom. The highest BCUT2D eigenvalue weighted by molar-refractivity contribution is 7.21. The summed E-state index contributed by atoms with van der Waals surface area (Å²) in [4.78, 5) is 18.5. The molecule has 0 N–H and O–H groups in total. The summed E-state index contributed by atoms with van der Waals surface area (Å²) < 4.78 is 6.74. The minimum absolute atomic E-state index is 0.376. The standard InChI is InChI=1S/C21H18N4O2S/c1-27-21(26)19-18(25-12-16(23-24-25)13-7-3-2-4-8-13)17-15-10-6-5-9-14(15)11-22-20(17)28-19/h2-4,7-8,11-12H,5-6,9-10H2,1H3. The van der Waals surface area contributed by atoms with Gasteiger partial charge in [0.15, 0.2) is 0 Å². The van der Waals surface area contributed by atoms with Gasteiger partial charge in [-0.3, -0.25) is 0 Å². The van der Waals surface area contributed by atoms with E-state index in [0.29, 0.717) is 4.88 Å². The molecular formula is C21H18N4O2S. The van der Waals surface area contributed by atoms with Crippen LogP contribution in [0.15, 0.2) is 42.7 Å². The molecular weight excluding hydrogens is 372 g/mol. The van der Waals surface area contributed by atoms with Crippen molar-refractivity contribution in [3.8, 4) is 16.9 Å². The zero-order valence-electron chi connectivity index (χ0n) is 15.4. The first-order valence-electron chi connectivity index (χ1n) is 9.26. The molecule has 140 valence electrons. The quantitative estimate of drug-likeness (QED) is 0.490. The Morgan fingerprint density at radius 3 is 2.82 bits per heavy atom. The second-order valence-electron chi connectivity index (χ2n) is 6.84. The van der Waals surface area contributed by atoms with E-state index in [-0.39, 0.29) is 5.97 Å². The molecule has 3 heterocycles. The normalized spacial score (nSPS) is 13.5. The molecule has 0 amide bonds. The fourth-order valence-corrected chi connectivity index (χ4v) is 4.91. The molecule has 5 rings (SSSR count). The third-order valence-electron chi connectivity index (χ3n) is 5.18. The minimum atomic E-state index is -0.376. The summed E-state index contributed by atoms with van der Waals surface area (Å²) in [5, 5.41) is 9.69. The first kappa shape index (κ1) is 17.1. The van der Waals surface area contributed by atoms with Gasteiger partial charge in [-0.25, -0.2) is 14.5 Å². The van der Waals surface area contributed by atoms with Crippen LogP contribution in [0, 0.1) is 0 Å². The summed E-state index contributed by atoms with van der Waals surface area (Å²) in [6, 6.07) is 9.88. The summed E-state index contributed by atoms with van der Waals surface area (Å²) in [6.07, 6.45) is 8.14. The predicted octanol–water partition coefficient (Wildman–Crippen LogP) is 4.21. The topological polar surface area (TPSA) is 69.9 Å². The van der Waals surface area contributed by atoms with Gasteiger partial charge in [-0.2, -0.15) is 0 Å². The molecule has 0 radical (unpaired) electrons. The summed E-state index contributed by atoms with van der Waals surface area (Å²) in [6.45, 7) is 0.